The highest BCUT2D eigenvalue weighted by Crippen LogP contribution is 2.23. The molecule has 2 atom stereocenters. The van der Waals surface area contributed by atoms with Crippen molar-refractivity contribution in [2.24, 2.45) is 5.92 Å². The maximum absolute atomic E-state index is 13.0. The van der Waals surface area contributed by atoms with Crippen molar-refractivity contribution in [3.63, 3.8) is 0 Å². The van der Waals surface area contributed by atoms with Gasteiger partial charge >= 0.3 is 0 Å². The van der Waals surface area contributed by atoms with Crippen molar-refractivity contribution in [1.29, 1.82) is 0 Å². The van der Waals surface area contributed by atoms with Crippen molar-refractivity contribution < 1.29 is 9.13 Å². The molecule has 3 heteroatoms. The summed E-state index contributed by atoms with van der Waals surface area (Å²) in [7, 11) is 0. The van der Waals surface area contributed by atoms with Crippen LogP contribution in [0.5, 0.6) is 0 Å². The van der Waals surface area contributed by atoms with Gasteiger partial charge in [0.2, 0.25) is 0 Å². The molecule has 0 radical (unpaired) electrons. The number of halogens is 1. The Balaban J connectivity index is 2.01. The van der Waals surface area contributed by atoms with E-state index in [2.05, 4.69) is 12.6 Å². The first-order valence-corrected chi connectivity index (χ1v) is 5.77. The molecule has 1 heterocycles. The predicted molar refractivity (Wildman–Crippen MR) is 61.8 cm³/mol. The second-order valence-corrected chi connectivity index (χ2v) is 4.69. The Hall–Kier alpha value is -0.540. The molecule has 2 rings (SSSR count). The Labute approximate surface area is 95.0 Å². The van der Waals surface area contributed by atoms with E-state index in [-0.39, 0.29) is 5.82 Å². The van der Waals surface area contributed by atoms with E-state index in [9.17, 15) is 4.39 Å². The Morgan fingerprint density at radius 1 is 1.47 bits per heavy atom. The zero-order valence-electron chi connectivity index (χ0n) is 8.53. The van der Waals surface area contributed by atoms with Crippen LogP contribution in [0.15, 0.2) is 24.3 Å². The lowest BCUT2D eigenvalue weighted by molar-refractivity contribution is 0.0596. The normalized spacial score (nSPS) is 26.5. The van der Waals surface area contributed by atoms with Gasteiger partial charge in [-0.3, -0.25) is 0 Å². The van der Waals surface area contributed by atoms with E-state index in [1.54, 1.807) is 12.1 Å². The minimum absolute atomic E-state index is 0.167. The highest BCUT2D eigenvalue weighted by Gasteiger charge is 2.22. The second-order valence-electron chi connectivity index (χ2n) is 4.03. The molecule has 15 heavy (non-hydrogen) atoms. The number of thiol groups is 1. The van der Waals surface area contributed by atoms with Crippen molar-refractivity contribution in [2.45, 2.75) is 18.1 Å². The third kappa shape index (κ3) is 2.95. The molecule has 0 aromatic heterocycles. The fourth-order valence-electron chi connectivity index (χ4n) is 1.95. The van der Waals surface area contributed by atoms with Crippen LogP contribution in [0.3, 0.4) is 0 Å². The summed E-state index contributed by atoms with van der Waals surface area (Å²) in [5.74, 6) is 0.240. The lowest BCUT2D eigenvalue weighted by Crippen LogP contribution is -2.29. The van der Waals surface area contributed by atoms with Crippen molar-refractivity contribution in [2.75, 3.05) is 13.2 Å². The molecule has 1 aromatic carbocycles. The van der Waals surface area contributed by atoms with E-state index in [1.807, 2.05) is 6.07 Å². The molecule has 0 unspecified atom stereocenters. The van der Waals surface area contributed by atoms with Crippen LogP contribution in [-0.2, 0) is 11.2 Å². The summed E-state index contributed by atoms with van der Waals surface area (Å²) in [6, 6.07) is 6.77. The van der Waals surface area contributed by atoms with Gasteiger partial charge in [0.1, 0.15) is 5.82 Å². The molecule has 0 saturated carbocycles. The lowest BCUT2D eigenvalue weighted by Gasteiger charge is -2.28. The second kappa shape index (κ2) is 4.99. The van der Waals surface area contributed by atoms with Crippen LogP contribution in [0, 0.1) is 11.7 Å². The Morgan fingerprint density at radius 3 is 3.07 bits per heavy atom. The van der Waals surface area contributed by atoms with E-state index in [0.29, 0.717) is 11.2 Å². The van der Waals surface area contributed by atoms with Gasteiger partial charge in [-0.25, -0.2) is 4.39 Å². The fourth-order valence-corrected chi connectivity index (χ4v) is 2.24. The standard InChI is InChI=1S/C12H15FOS/c13-11-3-1-2-9(7-11)6-10-8-14-5-4-12(10)15/h1-3,7,10,12,15H,4-6,8H2/t10-,12-/m0/s1. The van der Waals surface area contributed by atoms with Crippen LogP contribution in [0.2, 0.25) is 0 Å². The van der Waals surface area contributed by atoms with Crippen molar-refractivity contribution in [3.05, 3.63) is 35.6 Å². The van der Waals surface area contributed by atoms with Crippen LogP contribution < -0.4 is 0 Å². The van der Waals surface area contributed by atoms with E-state index in [0.717, 1.165) is 31.6 Å². The summed E-state index contributed by atoms with van der Waals surface area (Å²) in [4.78, 5) is 0. The van der Waals surface area contributed by atoms with Gasteiger partial charge in [0.05, 0.1) is 6.61 Å². The highest BCUT2D eigenvalue weighted by atomic mass is 32.1. The molecule has 1 nitrogen and oxygen atoms in total. The Morgan fingerprint density at radius 2 is 2.33 bits per heavy atom. The number of hydrogen-bond acceptors (Lipinski definition) is 2. The highest BCUT2D eigenvalue weighted by molar-refractivity contribution is 7.81. The summed E-state index contributed by atoms with van der Waals surface area (Å²) in [6.07, 6.45) is 1.84. The van der Waals surface area contributed by atoms with E-state index < -0.39 is 0 Å². The molecular formula is C12H15FOS. The van der Waals surface area contributed by atoms with Crippen LogP contribution in [0.1, 0.15) is 12.0 Å². The average Bonchev–Trinajstić information content (AvgIpc) is 2.22. The van der Waals surface area contributed by atoms with Crippen molar-refractivity contribution in [3.8, 4) is 0 Å². The van der Waals surface area contributed by atoms with Gasteiger partial charge in [-0.1, -0.05) is 12.1 Å². The van der Waals surface area contributed by atoms with Crippen molar-refractivity contribution >= 4 is 12.6 Å². The summed E-state index contributed by atoms with van der Waals surface area (Å²) < 4.78 is 18.4. The molecule has 1 aliphatic rings. The third-order valence-corrected chi connectivity index (χ3v) is 3.50. The fraction of sp³-hybridized carbons (Fsp3) is 0.500. The topological polar surface area (TPSA) is 9.23 Å². The van der Waals surface area contributed by atoms with Gasteiger partial charge in [0.25, 0.3) is 0 Å². The van der Waals surface area contributed by atoms with E-state index in [1.165, 1.54) is 6.07 Å². The smallest absolute Gasteiger partial charge is 0.123 e. The van der Waals surface area contributed by atoms with Gasteiger partial charge < -0.3 is 4.74 Å². The SMILES string of the molecule is Fc1cccc(C[C@H]2COCC[C@@H]2S)c1. The predicted octanol–water partition coefficient (Wildman–Crippen LogP) is 2.70. The van der Waals surface area contributed by atoms with Gasteiger partial charge in [0.15, 0.2) is 0 Å². The minimum atomic E-state index is -0.167. The Bertz CT molecular complexity index is 329. The lowest BCUT2D eigenvalue weighted by atomic mass is 9.93. The molecule has 0 N–H and O–H groups in total. The van der Waals surface area contributed by atoms with Crippen LogP contribution in [-0.4, -0.2) is 18.5 Å². The summed E-state index contributed by atoms with van der Waals surface area (Å²) >= 11 is 4.54. The zero-order chi connectivity index (χ0) is 10.7. The molecule has 0 bridgehead atoms. The van der Waals surface area contributed by atoms with Gasteiger partial charge in [-0.05, 0) is 36.5 Å². The largest absolute Gasteiger partial charge is 0.381 e. The molecule has 0 spiro atoms. The summed E-state index contributed by atoms with van der Waals surface area (Å²) in [5, 5.41) is 0.377. The van der Waals surface area contributed by atoms with Crippen LogP contribution in [0.25, 0.3) is 0 Å². The molecule has 82 valence electrons. The first kappa shape index (κ1) is 11.0. The summed E-state index contributed by atoms with van der Waals surface area (Å²) in [6.45, 7) is 1.54. The molecular weight excluding hydrogens is 211 g/mol. The number of rotatable bonds is 2. The van der Waals surface area contributed by atoms with Crippen LogP contribution in [0.4, 0.5) is 4.39 Å². The maximum Gasteiger partial charge on any atom is 0.123 e. The van der Waals surface area contributed by atoms with Crippen LogP contribution >= 0.6 is 12.6 Å². The number of hydrogen-bond donors (Lipinski definition) is 1. The van der Waals surface area contributed by atoms with Crippen molar-refractivity contribution in [1.82, 2.24) is 0 Å². The maximum atomic E-state index is 13.0. The number of benzene rings is 1. The van der Waals surface area contributed by atoms with E-state index in [4.69, 9.17) is 4.74 Å². The first-order valence-electron chi connectivity index (χ1n) is 5.26. The average molecular weight is 226 g/mol. The van der Waals surface area contributed by atoms with E-state index >= 15 is 0 Å². The molecule has 1 aromatic rings. The van der Waals surface area contributed by atoms with Gasteiger partial charge in [0, 0.05) is 11.9 Å². The molecule has 0 amide bonds. The van der Waals surface area contributed by atoms with Gasteiger partial charge in [-0.15, -0.1) is 0 Å². The molecule has 0 aliphatic carbocycles. The zero-order valence-corrected chi connectivity index (χ0v) is 9.42. The molecule has 1 fully saturated rings. The minimum Gasteiger partial charge on any atom is -0.381 e. The quantitative estimate of drug-likeness (QED) is 0.763. The number of ether oxygens (including phenoxy) is 1. The monoisotopic (exact) mass is 226 g/mol. The molecule has 1 saturated heterocycles. The first-order chi connectivity index (χ1) is 7.25. The Kier molecular flexibility index (Phi) is 3.65. The third-order valence-electron chi connectivity index (χ3n) is 2.82. The van der Waals surface area contributed by atoms with Gasteiger partial charge in [-0.2, -0.15) is 12.6 Å². The summed E-state index contributed by atoms with van der Waals surface area (Å²) in [5.41, 5.74) is 1.03. The molecule has 1 aliphatic heterocycles.